The average molecular weight is 526 g/mol. The number of aromatic nitrogens is 3. The molecule has 2 atom stereocenters. The molecule has 0 amide bonds. The number of aryl methyl sites for hydroxylation is 1. The molecular formula is C29H29FN3NaO4. The van der Waals surface area contributed by atoms with E-state index in [1.54, 1.807) is 22.9 Å². The molecule has 0 aliphatic carbocycles. The first-order valence-corrected chi connectivity index (χ1v) is 12.1. The van der Waals surface area contributed by atoms with Crippen LogP contribution in [0.3, 0.4) is 0 Å². The molecule has 9 heteroatoms. The molecule has 2 N–H and O–H groups in total. The summed E-state index contributed by atoms with van der Waals surface area (Å²) < 4.78 is 15.6. The van der Waals surface area contributed by atoms with Crippen LogP contribution in [-0.4, -0.2) is 43.2 Å². The molecule has 38 heavy (non-hydrogen) atoms. The van der Waals surface area contributed by atoms with Gasteiger partial charge in [0.05, 0.1) is 34.7 Å². The zero-order valence-electron chi connectivity index (χ0n) is 21.9. The monoisotopic (exact) mass is 525 g/mol. The molecule has 2 aromatic carbocycles. The zero-order valence-corrected chi connectivity index (χ0v) is 23.9. The second kappa shape index (κ2) is 12.8. The van der Waals surface area contributed by atoms with Crippen LogP contribution in [0, 0.1) is 12.7 Å². The molecule has 0 bridgehead atoms. The Morgan fingerprint density at radius 3 is 2.37 bits per heavy atom. The molecule has 0 aliphatic rings. The van der Waals surface area contributed by atoms with Crippen LogP contribution in [0.2, 0.25) is 0 Å². The van der Waals surface area contributed by atoms with E-state index in [9.17, 15) is 24.5 Å². The fourth-order valence-electron chi connectivity index (χ4n) is 4.46. The van der Waals surface area contributed by atoms with Gasteiger partial charge in [-0.25, -0.2) is 14.1 Å². The van der Waals surface area contributed by atoms with Gasteiger partial charge in [-0.2, -0.15) is 5.10 Å². The summed E-state index contributed by atoms with van der Waals surface area (Å²) in [4.78, 5) is 15.8. The number of carboxylic acids is 1. The smallest absolute Gasteiger partial charge is 0.550 e. The van der Waals surface area contributed by atoms with Crippen molar-refractivity contribution in [1.29, 1.82) is 0 Å². The predicted octanol–water partition coefficient (Wildman–Crippen LogP) is 0.928. The minimum absolute atomic E-state index is 0. The Morgan fingerprint density at radius 1 is 1.11 bits per heavy atom. The molecule has 4 aromatic rings. The van der Waals surface area contributed by atoms with Gasteiger partial charge in [0.15, 0.2) is 5.65 Å². The number of rotatable bonds is 9. The summed E-state index contributed by atoms with van der Waals surface area (Å²) in [6.07, 6.45) is 0.187. The van der Waals surface area contributed by atoms with E-state index in [2.05, 4.69) is 0 Å². The summed E-state index contributed by atoms with van der Waals surface area (Å²) in [5.41, 5.74) is 5.30. The fourth-order valence-corrected chi connectivity index (χ4v) is 4.46. The summed E-state index contributed by atoms with van der Waals surface area (Å²) in [7, 11) is 0. The van der Waals surface area contributed by atoms with E-state index < -0.39 is 24.6 Å². The van der Waals surface area contributed by atoms with Crippen LogP contribution in [-0.2, 0) is 4.79 Å². The maximum Gasteiger partial charge on any atom is 1.00 e. The van der Waals surface area contributed by atoms with E-state index in [-0.39, 0.29) is 47.7 Å². The van der Waals surface area contributed by atoms with Crippen LogP contribution in [0.15, 0.2) is 60.7 Å². The first-order chi connectivity index (χ1) is 17.7. The van der Waals surface area contributed by atoms with E-state index in [1.165, 1.54) is 18.2 Å². The second-order valence-electron chi connectivity index (χ2n) is 9.37. The predicted molar refractivity (Wildman–Crippen MR) is 138 cm³/mol. The number of carbonyl (C=O) groups is 1. The van der Waals surface area contributed by atoms with Crippen LogP contribution in [0.25, 0.3) is 33.9 Å². The number of fused-ring (bicyclic) bond motifs is 1. The van der Waals surface area contributed by atoms with Crippen molar-refractivity contribution in [3.8, 4) is 16.8 Å². The number of carbonyl (C=O) groups excluding carboxylic acids is 1. The van der Waals surface area contributed by atoms with Crippen molar-refractivity contribution in [3.63, 3.8) is 0 Å². The number of pyridine rings is 1. The van der Waals surface area contributed by atoms with Crippen molar-refractivity contribution in [2.24, 2.45) is 0 Å². The minimum Gasteiger partial charge on any atom is -0.550 e. The summed E-state index contributed by atoms with van der Waals surface area (Å²) >= 11 is 0. The number of para-hydroxylation sites is 1. The first-order valence-electron chi connectivity index (χ1n) is 12.1. The van der Waals surface area contributed by atoms with Gasteiger partial charge in [0.1, 0.15) is 5.82 Å². The molecule has 0 radical (unpaired) electrons. The van der Waals surface area contributed by atoms with Gasteiger partial charge in [0.2, 0.25) is 0 Å². The van der Waals surface area contributed by atoms with Gasteiger partial charge in [0.25, 0.3) is 0 Å². The topological polar surface area (TPSA) is 111 Å². The number of benzene rings is 2. The molecule has 192 valence electrons. The third kappa shape index (κ3) is 6.57. The molecule has 4 rings (SSSR count). The van der Waals surface area contributed by atoms with E-state index in [4.69, 9.17) is 10.1 Å². The average Bonchev–Trinajstić information content (AvgIpc) is 3.18. The van der Waals surface area contributed by atoms with Gasteiger partial charge >= 0.3 is 29.6 Å². The van der Waals surface area contributed by atoms with Gasteiger partial charge < -0.3 is 20.1 Å². The van der Waals surface area contributed by atoms with E-state index in [0.29, 0.717) is 5.65 Å². The Hall–Kier alpha value is -2.88. The van der Waals surface area contributed by atoms with Gasteiger partial charge in [-0.15, -0.1) is 0 Å². The van der Waals surface area contributed by atoms with Crippen LogP contribution in [0.1, 0.15) is 49.6 Å². The number of aliphatic hydroxyl groups is 2. The quantitative estimate of drug-likeness (QED) is 0.315. The van der Waals surface area contributed by atoms with Crippen molar-refractivity contribution in [2.45, 2.75) is 51.7 Å². The molecule has 0 saturated heterocycles. The van der Waals surface area contributed by atoms with E-state index in [1.807, 2.05) is 51.1 Å². The molecule has 0 spiro atoms. The third-order valence-corrected chi connectivity index (χ3v) is 6.14. The maximum atomic E-state index is 13.8. The molecule has 2 unspecified atom stereocenters. The number of aliphatic carboxylic acids is 1. The van der Waals surface area contributed by atoms with Crippen LogP contribution < -0.4 is 34.7 Å². The standard InChI is InChI=1S/C29H30FN3O4.Na/c1-17(2)28-24(14-13-22(34)15-23(35)16-25(36)37)27(19-9-11-20(30)12-10-19)26-18(3)32-33(29(26)31-28)21-7-5-4-6-8-21;/h4-14,17,22-23,34-35H,15-16H2,1-3H3,(H,36,37);/q;+1/p-1/b14-13+;. The van der Waals surface area contributed by atoms with Crippen molar-refractivity contribution in [3.05, 3.63) is 83.4 Å². The van der Waals surface area contributed by atoms with Gasteiger partial charge in [-0.05, 0) is 42.7 Å². The minimum atomic E-state index is -1.38. The van der Waals surface area contributed by atoms with Gasteiger partial charge in [-0.3, -0.25) is 0 Å². The number of nitrogens with zero attached hydrogens (tertiary/aromatic N) is 3. The van der Waals surface area contributed by atoms with Crippen molar-refractivity contribution >= 4 is 23.1 Å². The number of halogens is 1. The number of carboxylic acid groups (broad SMARTS) is 1. The summed E-state index contributed by atoms with van der Waals surface area (Å²) in [6, 6.07) is 15.9. The Kier molecular flexibility index (Phi) is 9.98. The normalized spacial score (nSPS) is 13.1. The molecule has 2 aromatic heterocycles. The zero-order chi connectivity index (χ0) is 26.7. The van der Waals surface area contributed by atoms with Gasteiger partial charge in [0, 0.05) is 29.9 Å². The molecule has 0 saturated carbocycles. The SMILES string of the molecule is Cc1nn(-c2ccccc2)c2nc(C(C)C)c(/C=C/C(O)CC(O)CC(=O)[O-])c(-c3ccc(F)cc3)c12.[Na+]. The van der Waals surface area contributed by atoms with Crippen LogP contribution in [0.5, 0.6) is 0 Å². The number of hydrogen-bond acceptors (Lipinski definition) is 6. The molecule has 0 fully saturated rings. The molecular weight excluding hydrogens is 496 g/mol. The molecule has 0 aliphatic heterocycles. The Bertz CT molecular complexity index is 1440. The Labute approximate surface area is 243 Å². The van der Waals surface area contributed by atoms with Crippen LogP contribution in [0.4, 0.5) is 4.39 Å². The maximum absolute atomic E-state index is 13.8. The van der Waals surface area contributed by atoms with Gasteiger partial charge in [-0.1, -0.05) is 56.3 Å². The van der Waals surface area contributed by atoms with Crippen molar-refractivity contribution in [2.75, 3.05) is 0 Å². The molecule has 7 nitrogen and oxygen atoms in total. The summed E-state index contributed by atoms with van der Waals surface area (Å²) in [5.74, 6) is -1.75. The van der Waals surface area contributed by atoms with E-state index in [0.717, 1.165) is 39.2 Å². The Balaban J connectivity index is 0.00000400. The molecule has 2 heterocycles. The Morgan fingerprint density at radius 2 is 1.76 bits per heavy atom. The van der Waals surface area contributed by atoms with Crippen LogP contribution >= 0.6 is 0 Å². The first kappa shape index (κ1) is 29.7. The van der Waals surface area contributed by atoms with Crippen molar-refractivity contribution in [1.82, 2.24) is 14.8 Å². The van der Waals surface area contributed by atoms with Crippen molar-refractivity contribution < 1.29 is 54.1 Å². The largest absolute Gasteiger partial charge is 1.00 e. The van der Waals surface area contributed by atoms with E-state index >= 15 is 0 Å². The third-order valence-electron chi connectivity index (χ3n) is 6.14. The number of hydrogen-bond donors (Lipinski definition) is 2. The summed E-state index contributed by atoms with van der Waals surface area (Å²) in [5, 5.41) is 36.7. The summed E-state index contributed by atoms with van der Waals surface area (Å²) in [6.45, 7) is 5.91. The number of aliphatic hydroxyl groups excluding tert-OH is 2. The second-order valence-corrected chi connectivity index (χ2v) is 9.37. The fraction of sp³-hybridized carbons (Fsp3) is 0.276.